The molecule has 2 aromatic carbocycles. The van der Waals surface area contributed by atoms with Gasteiger partial charge in [0.25, 0.3) is 5.91 Å². The minimum Gasteiger partial charge on any atom is -0.360 e. The van der Waals surface area contributed by atoms with Gasteiger partial charge in [-0.05, 0) is 48.5 Å². The summed E-state index contributed by atoms with van der Waals surface area (Å²) in [5, 5.41) is 17.8. The molecule has 0 spiro atoms. The third-order valence-electron chi connectivity index (χ3n) is 3.06. The Balaban J connectivity index is 2.01. The van der Waals surface area contributed by atoms with Crippen molar-refractivity contribution in [2.75, 3.05) is 16.0 Å². The summed E-state index contributed by atoms with van der Waals surface area (Å²) >= 11 is 5.78. The first-order chi connectivity index (χ1) is 12.0. The Kier molecular flexibility index (Phi) is 6.15. The van der Waals surface area contributed by atoms with Gasteiger partial charge in [-0.1, -0.05) is 11.6 Å². The van der Waals surface area contributed by atoms with Crippen molar-refractivity contribution in [3.63, 3.8) is 0 Å². The summed E-state index contributed by atoms with van der Waals surface area (Å²) in [6.45, 7) is 1.42. The van der Waals surface area contributed by atoms with Gasteiger partial charge in [0, 0.05) is 35.2 Å². The monoisotopic (exact) mass is 354 g/mol. The van der Waals surface area contributed by atoms with Crippen molar-refractivity contribution in [3.8, 4) is 6.07 Å². The molecule has 0 aliphatic heterocycles. The molecule has 3 N–H and O–H groups in total. The number of benzene rings is 2. The summed E-state index contributed by atoms with van der Waals surface area (Å²) in [4.78, 5) is 23.1. The molecule has 126 valence electrons. The van der Waals surface area contributed by atoms with Crippen molar-refractivity contribution in [2.24, 2.45) is 0 Å². The van der Waals surface area contributed by atoms with Crippen molar-refractivity contribution in [3.05, 3.63) is 65.3 Å². The molecule has 0 atom stereocenters. The zero-order chi connectivity index (χ0) is 18.2. The first kappa shape index (κ1) is 18.0. The Morgan fingerprint density at radius 1 is 0.960 bits per heavy atom. The van der Waals surface area contributed by atoms with E-state index in [1.807, 2.05) is 6.07 Å². The van der Waals surface area contributed by atoms with Crippen LogP contribution in [0.3, 0.4) is 0 Å². The lowest BCUT2D eigenvalue weighted by molar-refractivity contribution is -0.114. The van der Waals surface area contributed by atoms with Crippen LogP contribution < -0.4 is 16.0 Å². The van der Waals surface area contributed by atoms with Gasteiger partial charge in [-0.3, -0.25) is 9.59 Å². The Morgan fingerprint density at radius 2 is 1.48 bits per heavy atom. The number of hydrogen-bond acceptors (Lipinski definition) is 4. The zero-order valence-corrected chi connectivity index (χ0v) is 14.1. The average molecular weight is 355 g/mol. The third kappa shape index (κ3) is 5.68. The number of nitrogens with zero attached hydrogens (tertiary/aromatic N) is 1. The number of carbonyl (C=O) groups excluding carboxylic acids is 2. The van der Waals surface area contributed by atoms with Gasteiger partial charge >= 0.3 is 0 Å². The van der Waals surface area contributed by atoms with Crippen LogP contribution in [-0.4, -0.2) is 11.8 Å². The molecule has 0 heterocycles. The van der Waals surface area contributed by atoms with Crippen LogP contribution >= 0.6 is 11.6 Å². The van der Waals surface area contributed by atoms with E-state index in [-0.39, 0.29) is 11.5 Å². The Labute approximate surface area is 150 Å². The molecule has 0 bridgehead atoms. The second-order valence-electron chi connectivity index (χ2n) is 5.03. The summed E-state index contributed by atoms with van der Waals surface area (Å²) in [5.41, 5.74) is 1.78. The molecule has 25 heavy (non-hydrogen) atoms. The number of carbonyl (C=O) groups is 2. The van der Waals surface area contributed by atoms with Crippen LogP contribution in [0.25, 0.3) is 0 Å². The van der Waals surface area contributed by atoms with Crippen LogP contribution in [0.2, 0.25) is 5.02 Å². The van der Waals surface area contributed by atoms with E-state index in [4.69, 9.17) is 16.9 Å². The van der Waals surface area contributed by atoms with E-state index in [1.54, 1.807) is 48.5 Å². The van der Waals surface area contributed by atoms with E-state index in [0.717, 1.165) is 0 Å². The van der Waals surface area contributed by atoms with Gasteiger partial charge in [-0.2, -0.15) is 5.26 Å². The number of amides is 2. The molecule has 2 amide bonds. The maximum atomic E-state index is 12.1. The van der Waals surface area contributed by atoms with E-state index in [9.17, 15) is 9.59 Å². The number of rotatable bonds is 5. The van der Waals surface area contributed by atoms with Crippen LogP contribution in [0.15, 0.2) is 60.3 Å². The molecular weight excluding hydrogens is 340 g/mol. The normalized spacial score (nSPS) is 10.5. The van der Waals surface area contributed by atoms with Crippen molar-refractivity contribution in [2.45, 2.75) is 6.92 Å². The van der Waals surface area contributed by atoms with Crippen molar-refractivity contribution in [1.29, 1.82) is 5.26 Å². The van der Waals surface area contributed by atoms with Crippen LogP contribution in [0.1, 0.15) is 6.92 Å². The predicted octanol–water partition coefficient (Wildman–Crippen LogP) is 3.76. The zero-order valence-electron chi connectivity index (χ0n) is 13.3. The smallest absolute Gasteiger partial charge is 0.267 e. The molecule has 2 rings (SSSR count). The molecule has 0 radical (unpaired) electrons. The Hall–Kier alpha value is -3.30. The van der Waals surface area contributed by atoms with Gasteiger partial charge < -0.3 is 16.0 Å². The van der Waals surface area contributed by atoms with E-state index in [1.165, 1.54) is 13.1 Å². The minimum atomic E-state index is -0.535. The van der Waals surface area contributed by atoms with Gasteiger partial charge in [0.1, 0.15) is 11.6 Å². The highest BCUT2D eigenvalue weighted by molar-refractivity contribution is 6.30. The second kappa shape index (κ2) is 8.52. The fourth-order valence-corrected chi connectivity index (χ4v) is 2.01. The highest BCUT2D eigenvalue weighted by Crippen LogP contribution is 2.15. The average Bonchev–Trinajstić information content (AvgIpc) is 2.58. The van der Waals surface area contributed by atoms with Crippen LogP contribution in [0, 0.1) is 11.3 Å². The third-order valence-corrected chi connectivity index (χ3v) is 3.31. The number of nitrogens with one attached hydrogen (secondary N) is 3. The van der Waals surface area contributed by atoms with Gasteiger partial charge in [0.05, 0.1) is 0 Å². The second-order valence-corrected chi connectivity index (χ2v) is 5.47. The molecule has 7 heteroatoms. The topological polar surface area (TPSA) is 94.0 Å². The maximum absolute atomic E-state index is 12.1. The quantitative estimate of drug-likeness (QED) is 0.563. The van der Waals surface area contributed by atoms with E-state index < -0.39 is 5.91 Å². The number of anilines is 3. The van der Waals surface area contributed by atoms with E-state index in [0.29, 0.717) is 22.1 Å². The Morgan fingerprint density at radius 3 is 2.04 bits per heavy atom. The Bertz CT molecular complexity index is 837. The fraction of sp³-hybridized carbons (Fsp3) is 0.0556. The molecule has 0 aliphatic rings. The summed E-state index contributed by atoms with van der Waals surface area (Å²) < 4.78 is 0. The lowest BCUT2D eigenvalue weighted by Crippen LogP contribution is -2.14. The number of nitriles is 1. The molecule has 0 saturated heterocycles. The molecule has 0 fully saturated rings. The summed E-state index contributed by atoms with van der Waals surface area (Å²) in [6.07, 6.45) is 1.32. The maximum Gasteiger partial charge on any atom is 0.267 e. The molecule has 0 saturated carbocycles. The highest BCUT2D eigenvalue weighted by Gasteiger charge is 2.09. The highest BCUT2D eigenvalue weighted by atomic mass is 35.5. The summed E-state index contributed by atoms with van der Waals surface area (Å²) in [5.74, 6) is -0.696. The standard InChI is InChI=1S/C18H15ClN4O2/c1-12(24)22-16-8-6-15(7-9-16)21-11-13(10-20)18(25)23-17-4-2-14(19)3-5-17/h2-9,11,21H,1H3,(H,22,24)(H,23,25)/b13-11-. The number of halogens is 1. The van der Waals surface area contributed by atoms with E-state index in [2.05, 4.69) is 16.0 Å². The number of hydrogen-bond donors (Lipinski definition) is 3. The summed E-state index contributed by atoms with van der Waals surface area (Å²) in [7, 11) is 0. The SMILES string of the molecule is CC(=O)Nc1ccc(N/C=C(/C#N)C(=O)Nc2ccc(Cl)cc2)cc1. The van der Waals surface area contributed by atoms with Crippen molar-refractivity contribution >= 4 is 40.5 Å². The van der Waals surface area contributed by atoms with Gasteiger partial charge in [-0.15, -0.1) is 0 Å². The molecule has 0 aromatic heterocycles. The van der Waals surface area contributed by atoms with Gasteiger partial charge in [-0.25, -0.2) is 0 Å². The van der Waals surface area contributed by atoms with Gasteiger partial charge in [0.2, 0.25) is 5.91 Å². The van der Waals surface area contributed by atoms with Crippen LogP contribution in [0.5, 0.6) is 0 Å². The first-order valence-corrected chi connectivity index (χ1v) is 7.67. The van der Waals surface area contributed by atoms with Crippen molar-refractivity contribution in [1.82, 2.24) is 0 Å². The van der Waals surface area contributed by atoms with E-state index >= 15 is 0 Å². The van der Waals surface area contributed by atoms with Gasteiger partial charge in [0.15, 0.2) is 0 Å². The largest absolute Gasteiger partial charge is 0.360 e. The molecule has 2 aromatic rings. The predicted molar refractivity (Wildman–Crippen MR) is 98.1 cm³/mol. The fourth-order valence-electron chi connectivity index (χ4n) is 1.89. The van der Waals surface area contributed by atoms with Crippen LogP contribution in [-0.2, 0) is 9.59 Å². The van der Waals surface area contributed by atoms with Crippen LogP contribution in [0.4, 0.5) is 17.1 Å². The molecule has 0 unspecified atom stereocenters. The molecule has 0 aliphatic carbocycles. The lowest BCUT2D eigenvalue weighted by atomic mass is 10.2. The minimum absolute atomic E-state index is 0.0825. The first-order valence-electron chi connectivity index (χ1n) is 7.29. The molecule has 6 nitrogen and oxygen atoms in total. The lowest BCUT2D eigenvalue weighted by Gasteiger charge is -2.06. The summed E-state index contributed by atoms with van der Waals surface area (Å²) in [6, 6.07) is 15.3. The van der Waals surface area contributed by atoms with Crippen molar-refractivity contribution < 1.29 is 9.59 Å². The molecular formula is C18H15ClN4O2.